The van der Waals surface area contributed by atoms with Gasteiger partial charge in [0.1, 0.15) is 0 Å². The molecule has 0 aromatic rings. The standard InChI is InChI=1S/C9H17NOS/c1-7(2)9(11)10-4-5-12-6-8(10)3/h7-8H,4-6H2,1-3H3. The van der Waals surface area contributed by atoms with Crippen LogP contribution in [0.4, 0.5) is 0 Å². The monoisotopic (exact) mass is 187 g/mol. The van der Waals surface area contributed by atoms with Gasteiger partial charge in [0.2, 0.25) is 5.91 Å². The first-order chi connectivity index (χ1) is 5.63. The molecule has 1 aliphatic rings. The van der Waals surface area contributed by atoms with Crippen LogP contribution in [0.25, 0.3) is 0 Å². The third-order valence-electron chi connectivity index (χ3n) is 2.14. The Morgan fingerprint density at radius 3 is 2.75 bits per heavy atom. The van der Waals surface area contributed by atoms with Crippen LogP contribution in [0.5, 0.6) is 0 Å². The smallest absolute Gasteiger partial charge is 0.225 e. The summed E-state index contributed by atoms with van der Waals surface area (Å²) in [6.07, 6.45) is 0. The van der Waals surface area contributed by atoms with Crippen molar-refractivity contribution >= 4 is 17.7 Å². The number of hydrogen-bond acceptors (Lipinski definition) is 2. The van der Waals surface area contributed by atoms with E-state index in [0.717, 1.165) is 18.1 Å². The summed E-state index contributed by atoms with van der Waals surface area (Å²) in [5, 5.41) is 0. The highest BCUT2D eigenvalue weighted by Gasteiger charge is 2.24. The summed E-state index contributed by atoms with van der Waals surface area (Å²) < 4.78 is 0. The molecule has 1 amide bonds. The summed E-state index contributed by atoms with van der Waals surface area (Å²) in [6.45, 7) is 7.00. The molecule has 2 nitrogen and oxygen atoms in total. The van der Waals surface area contributed by atoms with Crippen molar-refractivity contribution in [3.8, 4) is 0 Å². The van der Waals surface area contributed by atoms with Crippen LogP contribution in [-0.2, 0) is 4.79 Å². The lowest BCUT2D eigenvalue weighted by Crippen LogP contribution is -2.46. The quantitative estimate of drug-likeness (QED) is 0.621. The van der Waals surface area contributed by atoms with Gasteiger partial charge in [-0.2, -0.15) is 11.8 Å². The molecule has 1 atom stereocenters. The molecule has 1 heterocycles. The molecule has 0 spiro atoms. The molecule has 0 aromatic carbocycles. The van der Waals surface area contributed by atoms with Crippen molar-refractivity contribution in [2.75, 3.05) is 18.1 Å². The van der Waals surface area contributed by atoms with E-state index < -0.39 is 0 Å². The van der Waals surface area contributed by atoms with Gasteiger partial charge in [0.15, 0.2) is 0 Å². The lowest BCUT2D eigenvalue weighted by atomic mass is 10.1. The van der Waals surface area contributed by atoms with Gasteiger partial charge >= 0.3 is 0 Å². The minimum atomic E-state index is 0.149. The molecule has 1 rings (SSSR count). The Hall–Kier alpha value is -0.180. The number of carbonyl (C=O) groups is 1. The molecule has 0 saturated carbocycles. The molecule has 0 bridgehead atoms. The van der Waals surface area contributed by atoms with Gasteiger partial charge in [-0.15, -0.1) is 0 Å². The highest BCUT2D eigenvalue weighted by Crippen LogP contribution is 2.17. The Labute approximate surface area is 78.7 Å². The van der Waals surface area contributed by atoms with Crippen LogP contribution in [0, 0.1) is 5.92 Å². The van der Waals surface area contributed by atoms with Crippen molar-refractivity contribution in [1.82, 2.24) is 4.90 Å². The van der Waals surface area contributed by atoms with Gasteiger partial charge in [0, 0.05) is 30.0 Å². The zero-order valence-electron chi connectivity index (χ0n) is 8.04. The maximum atomic E-state index is 11.6. The van der Waals surface area contributed by atoms with E-state index in [1.165, 1.54) is 0 Å². The fraction of sp³-hybridized carbons (Fsp3) is 0.889. The Bertz CT molecular complexity index is 170. The Morgan fingerprint density at radius 2 is 2.25 bits per heavy atom. The lowest BCUT2D eigenvalue weighted by Gasteiger charge is -2.34. The third kappa shape index (κ3) is 2.16. The van der Waals surface area contributed by atoms with E-state index in [4.69, 9.17) is 0 Å². The number of hydrogen-bond donors (Lipinski definition) is 0. The van der Waals surface area contributed by atoms with Gasteiger partial charge in [0.05, 0.1) is 0 Å². The van der Waals surface area contributed by atoms with Crippen molar-refractivity contribution in [3.05, 3.63) is 0 Å². The van der Waals surface area contributed by atoms with Gasteiger partial charge < -0.3 is 4.90 Å². The van der Waals surface area contributed by atoms with Gasteiger partial charge in [0.25, 0.3) is 0 Å². The predicted molar refractivity (Wildman–Crippen MR) is 53.3 cm³/mol. The van der Waals surface area contributed by atoms with Crippen molar-refractivity contribution < 1.29 is 4.79 Å². The molecule has 0 aliphatic carbocycles. The van der Waals surface area contributed by atoms with Crippen LogP contribution in [0.15, 0.2) is 0 Å². The second kappa shape index (κ2) is 4.17. The fourth-order valence-corrected chi connectivity index (χ4v) is 2.40. The summed E-state index contributed by atoms with van der Waals surface area (Å²) >= 11 is 1.94. The molecule has 0 N–H and O–H groups in total. The molecule has 1 unspecified atom stereocenters. The van der Waals surface area contributed by atoms with Crippen LogP contribution in [0.3, 0.4) is 0 Å². The number of thioether (sulfide) groups is 1. The topological polar surface area (TPSA) is 20.3 Å². The van der Waals surface area contributed by atoms with Gasteiger partial charge in [-0.1, -0.05) is 13.8 Å². The van der Waals surface area contributed by atoms with Crippen molar-refractivity contribution in [2.24, 2.45) is 5.92 Å². The first kappa shape index (κ1) is 9.90. The summed E-state index contributed by atoms with van der Waals surface area (Å²) in [5.41, 5.74) is 0. The minimum Gasteiger partial charge on any atom is -0.338 e. The van der Waals surface area contributed by atoms with Crippen LogP contribution in [0.1, 0.15) is 20.8 Å². The number of nitrogens with zero attached hydrogens (tertiary/aromatic N) is 1. The summed E-state index contributed by atoms with van der Waals surface area (Å²) in [5.74, 6) is 2.65. The van der Waals surface area contributed by atoms with E-state index in [2.05, 4.69) is 6.92 Å². The molecular weight excluding hydrogens is 170 g/mol. The van der Waals surface area contributed by atoms with Gasteiger partial charge in [-0.05, 0) is 6.92 Å². The fourth-order valence-electron chi connectivity index (χ4n) is 1.39. The average Bonchev–Trinajstić information content (AvgIpc) is 2.04. The number of carbonyl (C=O) groups excluding carboxylic acids is 1. The molecule has 0 radical (unpaired) electrons. The predicted octanol–water partition coefficient (Wildman–Crippen LogP) is 1.61. The van der Waals surface area contributed by atoms with E-state index >= 15 is 0 Å². The highest BCUT2D eigenvalue weighted by molar-refractivity contribution is 7.99. The second-order valence-corrected chi connectivity index (χ2v) is 4.76. The molecule has 0 aromatic heterocycles. The summed E-state index contributed by atoms with van der Waals surface area (Å²) in [6, 6.07) is 0.429. The first-order valence-corrected chi connectivity index (χ1v) is 5.66. The zero-order valence-corrected chi connectivity index (χ0v) is 8.86. The van der Waals surface area contributed by atoms with Crippen LogP contribution in [-0.4, -0.2) is 34.9 Å². The minimum absolute atomic E-state index is 0.149. The largest absolute Gasteiger partial charge is 0.338 e. The van der Waals surface area contributed by atoms with E-state index in [1.54, 1.807) is 0 Å². The molecular formula is C9H17NOS. The number of amides is 1. The van der Waals surface area contributed by atoms with Crippen LogP contribution >= 0.6 is 11.8 Å². The normalized spacial score (nSPS) is 24.7. The molecule has 70 valence electrons. The molecule has 12 heavy (non-hydrogen) atoms. The maximum absolute atomic E-state index is 11.6. The van der Waals surface area contributed by atoms with Crippen molar-refractivity contribution in [1.29, 1.82) is 0 Å². The third-order valence-corrected chi connectivity index (χ3v) is 3.33. The van der Waals surface area contributed by atoms with Crippen LogP contribution in [0.2, 0.25) is 0 Å². The van der Waals surface area contributed by atoms with Gasteiger partial charge in [-0.25, -0.2) is 0 Å². The first-order valence-electron chi connectivity index (χ1n) is 4.51. The molecule has 1 aliphatic heterocycles. The average molecular weight is 187 g/mol. The van der Waals surface area contributed by atoms with Gasteiger partial charge in [-0.3, -0.25) is 4.79 Å². The van der Waals surface area contributed by atoms with E-state index in [1.807, 2.05) is 30.5 Å². The van der Waals surface area contributed by atoms with Crippen molar-refractivity contribution in [3.63, 3.8) is 0 Å². The maximum Gasteiger partial charge on any atom is 0.225 e. The zero-order chi connectivity index (χ0) is 9.14. The summed E-state index contributed by atoms with van der Waals surface area (Å²) in [7, 11) is 0. The van der Waals surface area contributed by atoms with Crippen molar-refractivity contribution in [2.45, 2.75) is 26.8 Å². The Kier molecular flexibility index (Phi) is 3.44. The molecule has 1 saturated heterocycles. The molecule has 3 heteroatoms. The number of rotatable bonds is 1. The molecule has 1 fully saturated rings. The lowest BCUT2D eigenvalue weighted by molar-refractivity contribution is -0.135. The van der Waals surface area contributed by atoms with E-state index in [0.29, 0.717) is 11.9 Å². The second-order valence-electron chi connectivity index (χ2n) is 3.61. The van der Waals surface area contributed by atoms with E-state index in [9.17, 15) is 4.79 Å². The summed E-state index contributed by atoms with van der Waals surface area (Å²) in [4.78, 5) is 13.6. The SMILES string of the molecule is CC(C)C(=O)N1CCSCC1C. The Morgan fingerprint density at radius 1 is 1.58 bits per heavy atom. The highest BCUT2D eigenvalue weighted by atomic mass is 32.2. The van der Waals surface area contributed by atoms with E-state index in [-0.39, 0.29) is 5.92 Å². The van der Waals surface area contributed by atoms with Crippen LogP contribution < -0.4 is 0 Å². The Balaban J connectivity index is 2.53.